The molecule has 0 radical (unpaired) electrons. The number of ether oxygens (including phenoxy) is 1. The molecular weight excluding hydrogens is 320 g/mol. The van der Waals surface area contributed by atoms with Crippen LogP contribution in [-0.2, 0) is 17.7 Å². The highest BCUT2D eigenvalue weighted by Crippen LogP contribution is 2.13. The molecule has 0 saturated carbocycles. The second-order valence-electron chi connectivity index (χ2n) is 5.70. The van der Waals surface area contributed by atoms with E-state index in [2.05, 4.69) is 20.8 Å². The monoisotopic (exact) mass is 348 g/mol. The minimum atomic E-state index is 0.530. The van der Waals surface area contributed by atoms with E-state index in [1.807, 2.05) is 32.9 Å². The molecule has 2 rings (SSSR count). The van der Waals surface area contributed by atoms with Crippen LogP contribution in [0.5, 0.6) is 0 Å². The fourth-order valence-electron chi connectivity index (χ4n) is 2.34. The highest BCUT2D eigenvalue weighted by molar-refractivity contribution is 5.79. The van der Waals surface area contributed by atoms with Gasteiger partial charge in [-0.1, -0.05) is 5.16 Å². The van der Waals surface area contributed by atoms with Crippen LogP contribution in [-0.4, -0.2) is 37.4 Å². The summed E-state index contributed by atoms with van der Waals surface area (Å²) in [5.41, 5.74) is 1.91. The summed E-state index contributed by atoms with van der Waals surface area (Å²) in [7, 11) is 0. The van der Waals surface area contributed by atoms with Crippen LogP contribution < -0.4 is 10.6 Å². The van der Waals surface area contributed by atoms with Gasteiger partial charge >= 0.3 is 0 Å². The van der Waals surface area contributed by atoms with E-state index in [1.165, 1.54) is 0 Å². The molecule has 0 saturated heterocycles. The predicted octanol–water partition coefficient (Wildman–Crippen LogP) is 2.59. The summed E-state index contributed by atoms with van der Waals surface area (Å²) in [6.45, 7) is 9.40. The van der Waals surface area contributed by atoms with Crippen molar-refractivity contribution in [3.8, 4) is 0 Å². The Kier molecular flexibility index (Phi) is 8.04. The molecule has 0 fully saturated rings. The van der Waals surface area contributed by atoms with Gasteiger partial charge < -0.3 is 24.3 Å². The average Bonchev–Trinajstić information content (AvgIpc) is 3.23. The first-order chi connectivity index (χ1) is 12.2. The first kappa shape index (κ1) is 19.1. The molecule has 0 aliphatic heterocycles. The van der Waals surface area contributed by atoms with Crippen LogP contribution in [0.2, 0.25) is 0 Å². The molecule has 25 heavy (non-hydrogen) atoms. The second kappa shape index (κ2) is 10.6. The van der Waals surface area contributed by atoms with Gasteiger partial charge in [0, 0.05) is 38.3 Å². The third kappa shape index (κ3) is 6.62. The zero-order valence-electron chi connectivity index (χ0n) is 15.3. The van der Waals surface area contributed by atoms with Crippen LogP contribution >= 0.6 is 0 Å². The number of hydrogen-bond donors (Lipinski definition) is 2. The smallest absolute Gasteiger partial charge is 0.191 e. The van der Waals surface area contributed by atoms with Crippen LogP contribution in [0.25, 0.3) is 0 Å². The number of guanidine groups is 1. The van der Waals surface area contributed by atoms with Crippen molar-refractivity contribution in [1.82, 2.24) is 15.8 Å². The van der Waals surface area contributed by atoms with Crippen LogP contribution in [0.3, 0.4) is 0 Å². The fourth-order valence-corrected chi connectivity index (χ4v) is 2.34. The van der Waals surface area contributed by atoms with Gasteiger partial charge in [0.15, 0.2) is 5.96 Å². The van der Waals surface area contributed by atoms with Crippen molar-refractivity contribution < 1.29 is 13.7 Å². The van der Waals surface area contributed by atoms with Crippen molar-refractivity contribution in [3.63, 3.8) is 0 Å². The summed E-state index contributed by atoms with van der Waals surface area (Å²) in [5, 5.41) is 10.6. The van der Waals surface area contributed by atoms with Gasteiger partial charge in [0.25, 0.3) is 0 Å². The SMILES string of the molecule is CCOCCCNC(=NCc1c(C)noc1C)NCCc1ccco1. The van der Waals surface area contributed by atoms with Crippen molar-refractivity contribution >= 4 is 5.96 Å². The Morgan fingerprint density at radius 2 is 2.12 bits per heavy atom. The van der Waals surface area contributed by atoms with E-state index < -0.39 is 0 Å². The van der Waals surface area contributed by atoms with Gasteiger partial charge in [-0.25, -0.2) is 4.99 Å². The van der Waals surface area contributed by atoms with Gasteiger partial charge in [-0.3, -0.25) is 0 Å². The van der Waals surface area contributed by atoms with Crippen LogP contribution in [0, 0.1) is 13.8 Å². The number of nitrogens with one attached hydrogen (secondary N) is 2. The van der Waals surface area contributed by atoms with Gasteiger partial charge in [-0.15, -0.1) is 0 Å². The Labute approximate surface area is 148 Å². The van der Waals surface area contributed by atoms with Crippen molar-refractivity contribution in [1.29, 1.82) is 0 Å². The number of furan rings is 1. The Morgan fingerprint density at radius 1 is 1.28 bits per heavy atom. The van der Waals surface area contributed by atoms with Gasteiger partial charge in [-0.05, 0) is 39.3 Å². The molecule has 0 bridgehead atoms. The Bertz CT molecular complexity index is 615. The number of aromatic nitrogens is 1. The lowest BCUT2D eigenvalue weighted by Crippen LogP contribution is -2.39. The Hall–Kier alpha value is -2.28. The molecule has 2 N–H and O–H groups in total. The minimum Gasteiger partial charge on any atom is -0.469 e. The number of nitrogens with zero attached hydrogens (tertiary/aromatic N) is 2. The quantitative estimate of drug-likeness (QED) is 0.390. The molecule has 0 spiro atoms. The van der Waals surface area contributed by atoms with E-state index >= 15 is 0 Å². The van der Waals surface area contributed by atoms with Crippen molar-refractivity contribution in [2.75, 3.05) is 26.3 Å². The topological polar surface area (TPSA) is 84.8 Å². The Morgan fingerprint density at radius 3 is 2.80 bits per heavy atom. The predicted molar refractivity (Wildman–Crippen MR) is 96.6 cm³/mol. The van der Waals surface area contributed by atoms with E-state index in [0.717, 1.165) is 67.9 Å². The molecule has 0 unspecified atom stereocenters. The largest absolute Gasteiger partial charge is 0.469 e. The van der Waals surface area contributed by atoms with Crippen LogP contribution in [0.1, 0.15) is 36.1 Å². The van der Waals surface area contributed by atoms with Crippen LogP contribution in [0.15, 0.2) is 32.3 Å². The van der Waals surface area contributed by atoms with E-state index in [1.54, 1.807) is 6.26 Å². The number of aryl methyl sites for hydroxylation is 2. The molecule has 2 aromatic heterocycles. The third-order valence-corrected chi connectivity index (χ3v) is 3.78. The van der Waals surface area contributed by atoms with E-state index in [0.29, 0.717) is 6.54 Å². The zero-order chi connectivity index (χ0) is 17.9. The summed E-state index contributed by atoms with van der Waals surface area (Å²) in [5.74, 6) is 2.53. The first-order valence-electron chi connectivity index (χ1n) is 8.74. The highest BCUT2D eigenvalue weighted by atomic mass is 16.5. The maximum Gasteiger partial charge on any atom is 0.191 e. The van der Waals surface area contributed by atoms with E-state index in [4.69, 9.17) is 13.7 Å². The standard InChI is InChI=1S/C18H28N4O3/c1-4-23-11-6-9-19-18(20-10-8-16-7-5-12-24-16)21-13-17-14(2)22-25-15(17)3/h5,7,12H,4,6,8-11,13H2,1-3H3,(H2,19,20,21). The van der Waals surface area contributed by atoms with Gasteiger partial charge in [0.1, 0.15) is 11.5 Å². The first-order valence-corrected chi connectivity index (χ1v) is 8.74. The molecule has 2 aromatic rings. The van der Waals surface area contributed by atoms with E-state index in [9.17, 15) is 0 Å². The average molecular weight is 348 g/mol. The normalized spacial score (nSPS) is 11.7. The van der Waals surface area contributed by atoms with Crippen molar-refractivity contribution in [3.05, 3.63) is 41.2 Å². The summed E-state index contributed by atoms with van der Waals surface area (Å²) in [6.07, 6.45) is 3.42. The molecule has 0 atom stereocenters. The zero-order valence-corrected chi connectivity index (χ0v) is 15.3. The molecule has 0 aromatic carbocycles. The fraction of sp³-hybridized carbons (Fsp3) is 0.556. The molecule has 0 amide bonds. The number of rotatable bonds is 10. The summed E-state index contributed by atoms with van der Waals surface area (Å²) in [4.78, 5) is 4.65. The molecule has 7 nitrogen and oxygen atoms in total. The third-order valence-electron chi connectivity index (χ3n) is 3.78. The molecule has 0 aliphatic rings. The summed E-state index contributed by atoms with van der Waals surface area (Å²) < 4.78 is 15.9. The molecule has 138 valence electrons. The molecular formula is C18H28N4O3. The Balaban J connectivity index is 1.86. The minimum absolute atomic E-state index is 0.530. The maximum absolute atomic E-state index is 5.36. The lowest BCUT2D eigenvalue weighted by Gasteiger charge is -2.12. The summed E-state index contributed by atoms with van der Waals surface area (Å²) in [6, 6.07) is 3.87. The second-order valence-corrected chi connectivity index (χ2v) is 5.70. The molecule has 0 aliphatic carbocycles. The van der Waals surface area contributed by atoms with Crippen LogP contribution in [0.4, 0.5) is 0 Å². The van der Waals surface area contributed by atoms with E-state index in [-0.39, 0.29) is 0 Å². The maximum atomic E-state index is 5.36. The van der Waals surface area contributed by atoms with Gasteiger partial charge in [0.05, 0.1) is 18.5 Å². The lowest BCUT2D eigenvalue weighted by atomic mass is 10.2. The van der Waals surface area contributed by atoms with Gasteiger partial charge in [0.2, 0.25) is 0 Å². The number of hydrogen-bond acceptors (Lipinski definition) is 5. The van der Waals surface area contributed by atoms with Gasteiger partial charge in [-0.2, -0.15) is 0 Å². The van der Waals surface area contributed by atoms with Crippen molar-refractivity contribution in [2.45, 2.75) is 40.2 Å². The number of aliphatic imine (C=N–C) groups is 1. The van der Waals surface area contributed by atoms with Crippen molar-refractivity contribution in [2.24, 2.45) is 4.99 Å². The molecule has 7 heteroatoms. The summed E-state index contributed by atoms with van der Waals surface area (Å²) >= 11 is 0. The molecule has 2 heterocycles. The highest BCUT2D eigenvalue weighted by Gasteiger charge is 2.08. The lowest BCUT2D eigenvalue weighted by molar-refractivity contribution is 0.145.